The van der Waals surface area contributed by atoms with Gasteiger partial charge in [-0.2, -0.15) is 0 Å². The lowest BCUT2D eigenvalue weighted by atomic mass is 9.93. The molecular formula is C20H28N2O4. The third-order valence-corrected chi connectivity index (χ3v) is 4.75. The second-order valence-electron chi connectivity index (χ2n) is 6.73. The lowest BCUT2D eigenvalue weighted by Crippen LogP contribution is -2.48. The van der Waals surface area contributed by atoms with Crippen molar-refractivity contribution < 1.29 is 19.5 Å². The van der Waals surface area contributed by atoms with Crippen LogP contribution in [0.5, 0.6) is 0 Å². The molecule has 0 bridgehead atoms. The third kappa shape index (κ3) is 4.84. The van der Waals surface area contributed by atoms with Crippen LogP contribution in [0.2, 0.25) is 0 Å². The maximum atomic E-state index is 12.7. The van der Waals surface area contributed by atoms with Crippen LogP contribution < -0.4 is 0 Å². The minimum Gasteiger partial charge on any atom is -0.480 e. The standard InChI is InChI=1S/C20H28N2O4/c1-3-11-21(12-4-2)18(23)9-10-19(24)22-14-16-8-6-5-7-15(16)13-17(22)20(25)26/h5-8,17H,3-4,9-14H2,1-2H3,(H,25,26). The molecule has 1 heterocycles. The number of hydrogen-bond donors (Lipinski definition) is 1. The third-order valence-electron chi connectivity index (χ3n) is 4.75. The zero-order valence-electron chi connectivity index (χ0n) is 15.6. The molecule has 2 rings (SSSR count). The second-order valence-corrected chi connectivity index (χ2v) is 6.73. The number of carbonyl (C=O) groups is 3. The van der Waals surface area contributed by atoms with E-state index in [1.165, 1.54) is 4.90 Å². The fourth-order valence-electron chi connectivity index (χ4n) is 3.42. The van der Waals surface area contributed by atoms with Crippen LogP contribution in [-0.4, -0.2) is 51.8 Å². The molecule has 1 atom stereocenters. The van der Waals surface area contributed by atoms with E-state index in [2.05, 4.69) is 0 Å². The Hall–Kier alpha value is -2.37. The van der Waals surface area contributed by atoms with E-state index in [9.17, 15) is 19.5 Å². The van der Waals surface area contributed by atoms with Gasteiger partial charge >= 0.3 is 5.97 Å². The van der Waals surface area contributed by atoms with Crippen molar-refractivity contribution >= 4 is 17.8 Å². The van der Waals surface area contributed by atoms with E-state index in [1.807, 2.05) is 38.1 Å². The first kappa shape index (κ1) is 19.9. The molecule has 26 heavy (non-hydrogen) atoms. The number of carboxylic acid groups (broad SMARTS) is 1. The Labute approximate surface area is 154 Å². The lowest BCUT2D eigenvalue weighted by Gasteiger charge is -2.34. The highest BCUT2D eigenvalue weighted by atomic mass is 16.4. The maximum absolute atomic E-state index is 12.7. The molecule has 1 aromatic carbocycles. The molecular weight excluding hydrogens is 332 g/mol. The Kier molecular flexibility index (Phi) is 7.18. The summed E-state index contributed by atoms with van der Waals surface area (Å²) in [6, 6.07) is 6.73. The van der Waals surface area contributed by atoms with E-state index >= 15 is 0 Å². The lowest BCUT2D eigenvalue weighted by molar-refractivity contribution is -0.151. The van der Waals surface area contributed by atoms with Crippen molar-refractivity contribution in [1.82, 2.24) is 9.80 Å². The summed E-state index contributed by atoms with van der Waals surface area (Å²) in [6.07, 6.45) is 2.24. The van der Waals surface area contributed by atoms with Gasteiger partial charge in [0.15, 0.2) is 0 Å². The molecule has 0 spiro atoms. The average molecular weight is 360 g/mol. The number of carbonyl (C=O) groups excluding carboxylic acids is 2. The smallest absolute Gasteiger partial charge is 0.326 e. The number of hydrogen-bond acceptors (Lipinski definition) is 3. The summed E-state index contributed by atoms with van der Waals surface area (Å²) in [6.45, 7) is 5.70. The fraction of sp³-hybridized carbons (Fsp3) is 0.550. The molecule has 1 aliphatic rings. The molecule has 1 N–H and O–H groups in total. The Balaban J connectivity index is 2.03. The van der Waals surface area contributed by atoms with Crippen LogP contribution in [0, 0.1) is 0 Å². The number of fused-ring (bicyclic) bond motifs is 1. The van der Waals surface area contributed by atoms with Gasteiger partial charge in [0.2, 0.25) is 11.8 Å². The summed E-state index contributed by atoms with van der Waals surface area (Å²) >= 11 is 0. The Bertz CT molecular complexity index is 653. The summed E-state index contributed by atoms with van der Waals surface area (Å²) in [4.78, 5) is 39.8. The summed E-state index contributed by atoms with van der Waals surface area (Å²) in [5, 5.41) is 9.52. The normalized spacial score (nSPS) is 16.1. The van der Waals surface area contributed by atoms with Crippen molar-refractivity contribution in [2.75, 3.05) is 13.1 Å². The van der Waals surface area contributed by atoms with Crippen LogP contribution in [-0.2, 0) is 27.3 Å². The van der Waals surface area contributed by atoms with Gasteiger partial charge in [-0.25, -0.2) is 4.79 Å². The minimum atomic E-state index is -1.00. The highest BCUT2D eigenvalue weighted by Crippen LogP contribution is 2.24. The van der Waals surface area contributed by atoms with Crippen LogP contribution in [0.15, 0.2) is 24.3 Å². The van der Waals surface area contributed by atoms with Gasteiger partial charge in [-0.15, -0.1) is 0 Å². The van der Waals surface area contributed by atoms with Crippen LogP contribution in [0.25, 0.3) is 0 Å². The van der Waals surface area contributed by atoms with Gasteiger partial charge in [-0.1, -0.05) is 38.1 Å². The van der Waals surface area contributed by atoms with Gasteiger partial charge in [-0.05, 0) is 24.0 Å². The van der Waals surface area contributed by atoms with E-state index in [-0.39, 0.29) is 31.2 Å². The summed E-state index contributed by atoms with van der Waals surface area (Å²) in [5.74, 6) is -1.31. The number of aliphatic carboxylic acids is 1. The Morgan fingerprint density at radius 3 is 2.27 bits per heavy atom. The number of carboxylic acids is 1. The largest absolute Gasteiger partial charge is 0.480 e. The molecule has 6 nitrogen and oxygen atoms in total. The van der Waals surface area contributed by atoms with Gasteiger partial charge in [0.1, 0.15) is 6.04 Å². The first-order valence-corrected chi connectivity index (χ1v) is 9.34. The molecule has 0 saturated carbocycles. The van der Waals surface area contributed by atoms with Crippen molar-refractivity contribution in [1.29, 1.82) is 0 Å². The van der Waals surface area contributed by atoms with E-state index < -0.39 is 12.0 Å². The van der Waals surface area contributed by atoms with Gasteiger partial charge in [0.25, 0.3) is 0 Å². The van der Waals surface area contributed by atoms with Crippen LogP contribution in [0.3, 0.4) is 0 Å². The molecule has 0 saturated heterocycles. The molecule has 1 aromatic rings. The monoisotopic (exact) mass is 360 g/mol. The van der Waals surface area contributed by atoms with E-state index in [1.54, 1.807) is 4.90 Å². The highest BCUT2D eigenvalue weighted by molar-refractivity contribution is 5.87. The average Bonchev–Trinajstić information content (AvgIpc) is 2.64. The molecule has 1 unspecified atom stereocenters. The van der Waals surface area contributed by atoms with Gasteiger partial charge in [-0.3, -0.25) is 9.59 Å². The number of nitrogens with zero attached hydrogens (tertiary/aromatic N) is 2. The molecule has 0 fully saturated rings. The molecule has 0 radical (unpaired) electrons. The fourth-order valence-corrected chi connectivity index (χ4v) is 3.42. The quantitative estimate of drug-likeness (QED) is 0.772. The van der Waals surface area contributed by atoms with Crippen molar-refractivity contribution in [3.63, 3.8) is 0 Å². The van der Waals surface area contributed by atoms with Gasteiger partial charge in [0.05, 0.1) is 0 Å². The summed E-state index contributed by atoms with van der Waals surface area (Å²) < 4.78 is 0. The minimum absolute atomic E-state index is 0.0358. The topological polar surface area (TPSA) is 77.9 Å². The predicted molar refractivity (Wildman–Crippen MR) is 98.5 cm³/mol. The highest BCUT2D eigenvalue weighted by Gasteiger charge is 2.34. The number of benzene rings is 1. The first-order valence-electron chi connectivity index (χ1n) is 9.34. The van der Waals surface area contributed by atoms with E-state index in [0.717, 1.165) is 24.0 Å². The van der Waals surface area contributed by atoms with Crippen LogP contribution in [0.4, 0.5) is 0 Å². The molecule has 6 heteroatoms. The van der Waals surface area contributed by atoms with Crippen LogP contribution >= 0.6 is 0 Å². The zero-order valence-corrected chi connectivity index (χ0v) is 15.6. The number of rotatable bonds is 8. The van der Waals surface area contributed by atoms with Crippen molar-refractivity contribution in [2.45, 2.75) is 58.5 Å². The second kappa shape index (κ2) is 9.36. The van der Waals surface area contributed by atoms with E-state index in [0.29, 0.717) is 19.5 Å². The van der Waals surface area contributed by atoms with Crippen LogP contribution in [0.1, 0.15) is 50.7 Å². The predicted octanol–water partition coefficient (Wildman–Crippen LogP) is 2.45. The molecule has 2 amide bonds. The Morgan fingerprint density at radius 2 is 1.69 bits per heavy atom. The molecule has 0 aromatic heterocycles. The van der Waals surface area contributed by atoms with Gasteiger partial charge < -0.3 is 14.9 Å². The summed E-state index contributed by atoms with van der Waals surface area (Å²) in [5.41, 5.74) is 1.94. The first-order chi connectivity index (χ1) is 12.5. The van der Waals surface area contributed by atoms with Gasteiger partial charge in [0, 0.05) is 38.9 Å². The molecule has 1 aliphatic heterocycles. The molecule has 0 aliphatic carbocycles. The molecule has 142 valence electrons. The van der Waals surface area contributed by atoms with E-state index in [4.69, 9.17) is 0 Å². The van der Waals surface area contributed by atoms with Crippen molar-refractivity contribution in [3.8, 4) is 0 Å². The summed E-state index contributed by atoms with van der Waals surface area (Å²) in [7, 11) is 0. The maximum Gasteiger partial charge on any atom is 0.326 e. The van der Waals surface area contributed by atoms with Crippen molar-refractivity contribution in [2.24, 2.45) is 0 Å². The number of amides is 2. The Morgan fingerprint density at radius 1 is 1.08 bits per heavy atom. The van der Waals surface area contributed by atoms with Crippen molar-refractivity contribution in [3.05, 3.63) is 35.4 Å². The zero-order chi connectivity index (χ0) is 19.1. The SMILES string of the molecule is CCCN(CCC)C(=O)CCC(=O)N1Cc2ccccc2CC1C(=O)O.